The first-order chi connectivity index (χ1) is 14.1. The highest BCUT2D eigenvalue weighted by atomic mass is 27.1. The van der Waals surface area contributed by atoms with Crippen LogP contribution in [0.15, 0.2) is 24.3 Å². The van der Waals surface area contributed by atoms with Gasteiger partial charge in [0.25, 0.3) is 32.6 Å². The molecule has 2 rings (SSSR count). The highest BCUT2D eigenvalue weighted by Gasteiger charge is 2.24. The van der Waals surface area contributed by atoms with Gasteiger partial charge in [0.2, 0.25) is 0 Å². The van der Waals surface area contributed by atoms with E-state index in [9.17, 15) is 0 Å². The van der Waals surface area contributed by atoms with Gasteiger partial charge in [-0.2, -0.15) is 0 Å². The maximum atomic E-state index is 2.37. The fraction of sp³-hybridized carbons (Fsp3) is 0.600. The van der Waals surface area contributed by atoms with Gasteiger partial charge in [0, 0.05) is 0 Å². The predicted molar refractivity (Wildman–Crippen MR) is 154 cm³/mol. The van der Waals surface area contributed by atoms with Crippen molar-refractivity contribution < 1.29 is 0 Å². The van der Waals surface area contributed by atoms with Gasteiger partial charge in [0.05, 0.1) is 0 Å². The van der Waals surface area contributed by atoms with E-state index in [1.54, 1.807) is 31.1 Å². The molecule has 2 heteroatoms. The van der Waals surface area contributed by atoms with Crippen molar-refractivity contribution in [3.63, 3.8) is 0 Å². The van der Waals surface area contributed by atoms with Gasteiger partial charge >= 0.3 is 0 Å². The molecule has 0 bridgehead atoms. The molecule has 0 radical (unpaired) electrons. The average Bonchev–Trinajstić information content (AvgIpc) is 2.55. The average molecular weight is 465 g/mol. The molecule has 2 aromatic carbocycles. The van der Waals surface area contributed by atoms with Crippen LogP contribution in [0.4, 0.5) is 0 Å². The van der Waals surface area contributed by atoms with Gasteiger partial charge in [-0.1, -0.05) is 141 Å². The van der Waals surface area contributed by atoms with Crippen LogP contribution in [0, 0.1) is 13.8 Å². The lowest BCUT2D eigenvalue weighted by Gasteiger charge is -2.30. The van der Waals surface area contributed by atoms with E-state index in [-0.39, 0.29) is 21.7 Å². The molecule has 0 aromatic heterocycles. The van der Waals surface area contributed by atoms with Gasteiger partial charge in [0.15, 0.2) is 0 Å². The molecule has 0 amide bonds. The van der Waals surface area contributed by atoms with Crippen molar-refractivity contribution >= 4 is 41.4 Å². The van der Waals surface area contributed by atoms with Crippen molar-refractivity contribution in [1.82, 2.24) is 0 Å². The SMILES string of the molecule is Cc1cc(C(C)(C)C)[c]([AlH2])c(C(C)(C)C)c1.Cc1cc(C(C)(C)C)[c]([AlH2])c(C(C)(C)C)c1. The van der Waals surface area contributed by atoms with Crippen molar-refractivity contribution in [2.45, 2.75) is 119 Å². The Balaban J connectivity index is 0.000000320. The molecule has 0 aliphatic rings. The van der Waals surface area contributed by atoms with Crippen LogP contribution in [0.2, 0.25) is 0 Å². The van der Waals surface area contributed by atoms with E-state index >= 15 is 0 Å². The maximum absolute atomic E-state index is 2.37. The molecule has 0 heterocycles. The third-order valence-corrected chi connectivity index (χ3v) is 8.49. The molecule has 0 fully saturated rings. The fourth-order valence-corrected chi connectivity index (χ4v) is 8.41. The molecular formula is C30H50Al2. The highest BCUT2D eigenvalue weighted by molar-refractivity contribution is 6.35. The zero-order valence-electron chi connectivity index (χ0n) is 24.3. The number of aryl methyl sites for hydroxylation is 2. The molecule has 0 N–H and O–H groups in total. The summed E-state index contributed by atoms with van der Waals surface area (Å²) in [5.74, 6) is 0. The van der Waals surface area contributed by atoms with Gasteiger partial charge in [-0.25, -0.2) is 0 Å². The Morgan fingerprint density at radius 1 is 0.406 bits per heavy atom. The Kier molecular flexibility index (Phi) is 9.24. The van der Waals surface area contributed by atoms with Crippen molar-refractivity contribution in [3.05, 3.63) is 57.6 Å². The quantitative estimate of drug-likeness (QED) is 0.439. The van der Waals surface area contributed by atoms with Crippen LogP contribution in [0.1, 0.15) is 116 Å². The third-order valence-electron chi connectivity index (χ3n) is 6.34. The van der Waals surface area contributed by atoms with Gasteiger partial charge < -0.3 is 0 Å². The molecule has 0 unspecified atom stereocenters. The standard InChI is InChI=1S/2C15H23.2Al.4H/c2*1-11-8-12(14(2,3)4)10-13(9-11)15(5,6)7;;;;;;/h2*8-9H,1-7H3;;;;;;. The predicted octanol–water partition coefficient (Wildman–Crippen LogP) is 5.70. The zero-order valence-corrected chi connectivity index (χ0v) is 28.3. The van der Waals surface area contributed by atoms with Crippen molar-refractivity contribution in [2.75, 3.05) is 0 Å². The van der Waals surface area contributed by atoms with Gasteiger partial charge in [-0.05, 0) is 35.5 Å². The van der Waals surface area contributed by atoms with Crippen LogP contribution in [0.3, 0.4) is 0 Å². The lowest BCUT2D eigenvalue weighted by atomic mass is 9.79. The minimum absolute atomic E-state index is 0.267. The lowest BCUT2D eigenvalue weighted by Crippen LogP contribution is -2.31. The maximum Gasteiger partial charge on any atom is 0.259 e. The second kappa shape index (κ2) is 10.0. The van der Waals surface area contributed by atoms with E-state index in [1.165, 1.54) is 11.1 Å². The summed E-state index contributed by atoms with van der Waals surface area (Å²) in [6.07, 6.45) is 0. The van der Waals surface area contributed by atoms with Gasteiger partial charge in [-0.3, -0.25) is 0 Å². The first kappa shape index (κ1) is 29.5. The molecule has 0 saturated carbocycles. The molecular weight excluding hydrogens is 414 g/mol. The molecule has 0 saturated heterocycles. The van der Waals surface area contributed by atoms with Gasteiger partial charge in [-0.15, -0.1) is 8.85 Å². The Bertz CT molecular complexity index is 787. The van der Waals surface area contributed by atoms with E-state index in [2.05, 4.69) is 121 Å². The minimum Gasteiger partial charge on any atom is -0.114 e. The fourth-order valence-electron chi connectivity index (χ4n) is 4.83. The molecule has 176 valence electrons. The number of benzene rings is 2. The Morgan fingerprint density at radius 2 is 0.562 bits per heavy atom. The Labute approximate surface area is 216 Å². The first-order valence-corrected chi connectivity index (χ1v) is 14.3. The normalized spacial score (nSPS) is 12.9. The van der Waals surface area contributed by atoms with Crippen LogP contribution in [0.25, 0.3) is 0 Å². The van der Waals surface area contributed by atoms with E-state index in [1.807, 2.05) is 0 Å². The van der Waals surface area contributed by atoms with E-state index in [0.717, 1.165) is 32.6 Å². The third kappa shape index (κ3) is 7.78. The molecule has 32 heavy (non-hydrogen) atoms. The summed E-state index contributed by atoms with van der Waals surface area (Å²) in [6, 6.07) is 9.49. The van der Waals surface area contributed by atoms with Gasteiger partial charge in [0.1, 0.15) is 0 Å². The molecule has 2 aromatic rings. The summed E-state index contributed by atoms with van der Waals surface area (Å²) < 4.78 is 3.20. The lowest BCUT2D eigenvalue weighted by molar-refractivity contribution is 0.574. The highest BCUT2D eigenvalue weighted by Crippen LogP contribution is 2.29. The summed E-state index contributed by atoms with van der Waals surface area (Å²) in [4.78, 5) is 0. The summed E-state index contributed by atoms with van der Waals surface area (Å²) >= 11 is 2.27. The second-order valence-corrected chi connectivity index (χ2v) is 16.0. The smallest absolute Gasteiger partial charge is 0.114 e. The van der Waals surface area contributed by atoms with Crippen LogP contribution < -0.4 is 8.85 Å². The molecule has 0 atom stereocenters. The second-order valence-electron chi connectivity index (χ2n) is 14.0. The van der Waals surface area contributed by atoms with E-state index < -0.39 is 0 Å². The Hall–Kier alpha value is -0.495. The number of rotatable bonds is 0. The molecule has 0 spiro atoms. The monoisotopic (exact) mass is 464 g/mol. The van der Waals surface area contributed by atoms with Crippen molar-refractivity contribution in [1.29, 1.82) is 0 Å². The first-order valence-electron chi connectivity index (χ1n) is 12.3. The zero-order chi connectivity index (χ0) is 25.4. The topological polar surface area (TPSA) is 0 Å². The molecule has 0 nitrogen and oxygen atoms in total. The summed E-state index contributed by atoms with van der Waals surface area (Å²) in [5.41, 5.74) is 10.0. The number of hydrogen-bond donors (Lipinski definition) is 0. The summed E-state index contributed by atoms with van der Waals surface area (Å²) in [7, 11) is 0. The van der Waals surface area contributed by atoms with Crippen molar-refractivity contribution in [2.24, 2.45) is 0 Å². The molecule has 0 aliphatic carbocycles. The molecule has 0 aliphatic heterocycles. The summed E-state index contributed by atoms with van der Waals surface area (Å²) in [6.45, 7) is 32.2. The van der Waals surface area contributed by atoms with Crippen LogP contribution in [-0.2, 0) is 21.7 Å². The van der Waals surface area contributed by atoms with E-state index in [4.69, 9.17) is 0 Å². The van der Waals surface area contributed by atoms with Crippen LogP contribution in [0.5, 0.6) is 0 Å². The number of hydrogen-bond acceptors (Lipinski definition) is 0. The van der Waals surface area contributed by atoms with Crippen molar-refractivity contribution in [3.8, 4) is 0 Å². The minimum atomic E-state index is 0.267. The Morgan fingerprint density at radius 3 is 0.688 bits per heavy atom. The van der Waals surface area contributed by atoms with Crippen LogP contribution in [-0.4, -0.2) is 32.6 Å². The van der Waals surface area contributed by atoms with E-state index in [0.29, 0.717) is 0 Å². The van der Waals surface area contributed by atoms with Crippen LogP contribution >= 0.6 is 0 Å². The largest absolute Gasteiger partial charge is 0.259 e. The summed E-state index contributed by atoms with van der Waals surface area (Å²) in [5, 5.41) is 0.